The second-order valence-electron chi connectivity index (χ2n) is 8.69. The molecule has 0 nitrogen and oxygen atoms in total. The smallest absolute Gasteiger partial charge is 0.134 e. The molecule has 4 unspecified atom stereocenters. The Labute approximate surface area is 141 Å². The molecular formula is C21H34F2. The van der Waals surface area contributed by atoms with Crippen LogP contribution in [0.2, 0.25) is 0 Å². The average molecular weight is 324 g/mol. The molecule has 0 amide bonds. The standard InChI is InChI=1S/C21H34F2/c1-3-15-5-7-16(8-6-15)17-9-11-18(12-10-17)19-13-4-14(2)20(22)21(19)23/h3,14-21H,1,4-13H2,2H3. The van der Waals surface area contributed by atoms with E-state index in [0.29, 0.717) is 5.92 Å². The van der Waals surface area contributed by atoms with Gasteiger partial charge in [0, 0.05) is 0 Å². The van der Waals surface area contributed by atoms with Gasteiger partial charge in [-0.05, 0) is 99.7 Å². The highest BCUT2D eigenvalue weighted by molar-refractivity contribution is 4.93. The Hall–Kier alpha value is -0.400. The third kappa shape index (κ3) is 3.82. The molecule has 3 rings (SSSR count). The van der Waals surface area contributed by atoms with E-state index in [-0.39, 0.29) is 11.8 Å². The second kappa shape index (κ2) is 7.66. The summed E-state index contributed by atoms with van der Waals surface area (Å²) in [5.74, 6) is 2.82. The molecule has 0 heterocycles. The fourth-order valence-corrected chi connectivity index (χ4v) is 5.72. The summed E-state index contributed by atoms with van der Waals surface area (Å²) < 4.78 is 28.5. The van der Waals surface area contributed by atoms with E-state index in [1.807, 2.05) is 6.92 Å². The molecule has 0 radical (unpaired) electrons. The lowest BCUT2D eigenvalue weighted by Gasteiger charge is -2.42. The van der Waals surface area contributed by atoms with E-state index in [1.165, 1.54) is 38.5 Å². The molecule has 3 aliphatic carbocycles. The summed E-state index contributed by atoms with van der Waals surface area (Å²) in [5.41, 5.74) is 0. The van der Waals surface area contributed by atoms with Gasteiger partial charge in [-0.15, -0.1) is 6.58 Å². The molecule has 2 heteroatoms. The molecule has 23 heavy (non-hydrogen) atoms. The largest absolute Gasteiger partial charge is 0.244 e. The van der Waals surface area contributed by atoms with Crippen LogP contribution < -0.4 is 0 Å². The molecule has 3 fully saturated rings. The molecule has 132 valence electrons. The van der Waals surface area contributed by atoms with Crippen LogP contribution in [0.15, 0.2) is 12.7 Å². The summed E-state index contributed by atoms with van der Waals surface area (Å²) in [6.07, 6.45) is 11.6. The van der Waals surface area contributed by atoms with Crippen molar-refractivity contribution in [1.29, 1.82) is 0 Å². The molecule has 0 N–H and O–H groups in total. The quantitative estimate of drug-likeness (QED) is 0.519. The van der Waals surface area contributed by atoms with Gasteiger partial charge in [0.15, 0.2) is 0 Å². The van der Waals surface area contributed by atoms with Gasteiger partial charge in [0.05, 0.1) is 0 Å². The van der Waals surface area contributed by atoms with Crippen molar-refractivity contribution in [1.82, 2.24) is 0 Å². The van der Waals surface area contributed by atoms with Crippen LogP contribution >= 0.6 is 0 Å². The van der Waals surface area contributed by atoms with Gasteiger partial charge in [-0.3, -0.25) is 0 Å². The van der Waals surface area contributed by atoms with Crippen molar-refractivity contribution in [2.45, 2.75) is 83.5 Å². The normalized spacial score (nSPS) is 48.8. The van der Waals surface area contributed by atoms with E-state index in [4.69, 9.17) is 0 Å². The monoisotopic (exact) mass is 324 g/mol. The van der Waals surface area contributed by atoms with Crippen LogP contribution in [0.5, 0.6) is 0 Å². The molecule has 0 bridgehead atoms. The summed E-state index contributed by atoms with van der Waals surface area (Å²) in [4.78, 5) is 0. The minimum atomic E-state index is -1.22. The molecule has 0 aromatic rings. The molecule has 0 aromatic heterocycles. The Balaban J connectivity index is 1.48. The maximum absolute atomic E-state index is 14.4. The molecule has 3 aliphatic rings. The number of rotatable bonds is 3. The fourth-order valence-electron chi connectivity index (χ4n) is 5.72. The average Bonchev–Trinajstić information content (AvgIpc) is 2.60. The van der Waals surface area contributed by atoms with Crippen molar-refractivity contribution in [3.05, 3.63) is 12.7 Å². The zero-order chi connectivity index (χ0) is 16.4. The van der Waals surface area contributed by atoms with Crippen molar-refractivity contribution in [3.63, 3.8) is 0 Å². The first-order valence-corrected chi connectivity index (χ1v) is 10.0. The highest BCUT2D eigenvalue weighted by atomic mass is 19.2. The minimum absolute atomic E-state index is 0.00125. The number of alkyl halides is 2. The lowest BCUT2D eigenvalue weighted by Crippen LogP contribution is -2.41. The first kappa shape index (κ1) is 17.4. The van der Waals surface area contributed by atoms with Gasteiger partial charge in [-0.2, -0.15) is 0 Å². The van der Waals surface area contributed by atoms with Crippen molar-refractivity contribution in [3.8, 4) is 0 Å². The first-order chi connectivity index (χ1) is 11.1. The van der Waals surface area contributed by atoms with Crippen molar-refractivity contribution in [2.24, 2.45) is 35.5 Å². The zero-order valence-corrected chi connectivity index (χ0v) is 14.7. The molecule has 4 atom stereocenters. The van der Waals surface area contributed by atoms with Crippen LogP contribution in [0.25, 0.3) is 0 Å². The highest BCUT2D eigenvalue weighted by Crippen LogP contribution is 2.47. The maximum Gasteiger partial charge on any atom is 0.134 e. The molecule has 0 aromatic carbocycles. The van der Waals surface area contributed by atoms with Crippen LogP contribution in [0.3, 0.4) is 0 Å². The van der Waals surface area contributed by atoms with Crippen molar-refractivity contribution in [2.75, 3.05) is 0 Å². The van der Waals surface area contributed by atoms with Crippen LogP contribution in [0.4, 0.5) is 8.78 Å². The molecule has 0 spiro atoms. The Morgan fingerprint density at radius 2 is 1.22 bits per heavy atom. The first-order valence-electron chi connectivity index (χ1n) is 10.0. The van der Waals surface area contributed by atoms with E-state index in [2.05, 4.69) is 12.7 Å². The molecule has 0 saturated heterocycles. The summed E-state index contributed by atoms with van der Waals surface area (Å²) in [7, 11) is 0. The molecular weight excluding hydrogens is 290 g/mol. The van der Waals surface area contributed by atoms with Crippen LogP contribution in [0, 0.1) is 35.5 Å². The number of hydrogen-bond acceptors (Lipinski definition) is 0. The van der Waals surface area contributed by atoms with Crippen molar-refractivity contribution < 1.29 is 8.78 Å². The summed E-state index contributed by atoms with van der Waals surface area (Å²) in [6, 6.07) is 0. The predicted molar refractivity (Wildman–Crippen MR) is 92.8 cm³/mol. The molecule has 3 saturated carbocycles. The highest BCUT2D eigenvalue weighted by Gasteiger charge is 2.43. The van der Waals surface area contributed by atoms with E-state index in [1.54, 1.807) is 0 Å². The maximum atomic E-state index is 14.4. The third-order valence-electron chi connectivity index (χ3n) is 7.45. The number of allylic oxidation sites excluding steroid dienone is 1. The fraction of sp³-hybridized carbons (Fsp3) is 0.905. The number of hydrogen-bond donors (Lipinski definition) is 0. The Kier molecular flexibility index (Phi) is 5.80. The van der Waals surface area contributed by atoms with Gasteiger partial charge in [-0.25, -0.2) is 8.78 Å². The number of halogens is 2. The van der Waals surface area contributed by atoms with Crippen LogP contribution in [-0.2, 0) is 0 Å². The van der Waals surface area contributed by atoms with Gasteiger partial charge in [0.2, 0.25) is 0 Å². The van der Waals surface area contributed by atoms with E-state index >= 15 is 0 Å². The van der Waals surface area contributed by atoms with Gasteiger partial charge >= 0.3 is 0 Å². The summed E-state index contributed by atoms with van der Waals surface area (Å²) in [5, 5.41) is 0. The van der Waals surface area contributed by atoms with Crippen LogP contribution in [-0.4, -0.2) is 12.3 Å². The lowest BCUT2D eigenvalue weighted by molar-refractivity contribution is -0.00986. The SMILES string of the molecule is C=CC1CCC(C2CCC(C3CCC(C)C(F)C3F)CC2)CC1. The van der Waals surface area contributed by atoms with Crippen molar-refractivity contribution >= 4 is 0 Å². The van der Waals surface area contributed by atoms with Gasteiger partial charge < -0.3 is 0 Å². The van der Waals surface area contributed by atoms with Gasteiger partial charge in [0.1, 0.15) is 12.3 Å². The Bertz CT molecular complexity index is 377. The second-order valence-corrected chi connectivity index (χ2v) is 8.69. The predicted octanol–water partition coefficient (Wildman–Crippen LogP) is 6.51. The molecule has 0 aliphatic heterocycles. The van der Waals surface area contributed by atoms with Crippen LogP contribution in [0.1, 0.15) is 71.1 Å². The van der Waals surface area contributed by atoms with E-state index < -0.39 is 12.3 Å². The Morgan fingerprint density at radius 1 is 0.696 bits per heavy atom. The summed E-state index contributed by atoms with van der Waals surface area (Å²) >= 11 is 0. The Morgan fingerprint density at radius 3 is 1.78 bits per heavy atom. The van der Waals surface area contributed by atoms with Gasteiger partial charge in [0.25, 0.3) is 0 Å². The van der Waals surface area contributed by atoms with E-state index in [0.717, 1.165) is 43.4 Å². The minimum Gasteiger partial charge on any atom is -0.244 e. The summed E-state index contributed by atoms with van der Waals surface area (Å²) in [6.45, 7) is 5.80. The zero-order valence-electron chi connectivity index (χ0n) is 14.7. The topological polar surface area (TPSA) is 0 Å². The van der Waals surface area contributed by atoms with Gasteiger partial charge in [-0.1, -0.05) is 13.0 Å². The lowest BCUT2D eigenvalue weighted by atomic mass is 9.64. The third-order valence-corrected chi connectivity index (χ3v) is 7.45. The van der Waals surface area contributed by atoms with E-state index in [9.17, 15) is 8.78 Å².